The Morgan fingerprint density at radius 3 is 2.49 bits per heavy atom. The molecule has 210 valence electrons. The van der Waals surface area contributed by atoms with E-state index in [-0.39, 0.29) is 21.5 Å². The molecule has 7 nitrogen and oxygen atoms in total. The van der Waals surface area contributed by atoms with Gasteiger partial charge < -0.3 is 9.84 Å². The number of thioether (sulfide) groups is 1. The van der Waals surface area contributed by atoms with Gasteiger partial charge in [-0.1, -0.05) is 96.0 Å². The van der Waals surface area contributed by atoms with E-state index in [9.17, 15) is 14.7 Å². The van der Waals surface area contributed by atoms with E-state index in [1.54, 1.807) is 42.5 Å². The van der Waals surface area contributed by atoms with E-state index in [4.69, 9.17) is 27.9 Å². The summed E-state index contributed by atoms with van der Waals surface area (Å²) in [6, 6.07) is 20.5. The van der Waals surface area contributed by atoms with Crippen molar-refractivity contribution in [2.45, 2.75) is 35.9 Å². The summed E-state index contributed by atoms with van der Waals surface area (Å²) in [6.07, 6.45) is 1.93. The number of aliphatic hydroxyl groups is 1. The van der Waals surface area contributed by atoms with Crippen molar-refractivity contribution < 1.29 is 19.4 Å². The molecular formula is C30H25Cl2N3O4S2. The van der Waals surface area contributed by atoms with Crippen LogP contribution in [0.5, 0.6) is 5.75 Å². The third-order valence-corrected chi connectivity index (χ3v) is 9.27. The number of anilines is 1. The van der Waals surface area contributed by atoms with E-state index in [0.29, 0.717) is 38.6 Å². The summed E-state index contributed by atoms with van der Waals surface area (Å²) in [5.41, 5.74) is 1.90. The van der Waals surface area contributed by atoms with Crippen LogP contribution in [0.2, 0.25) is 10.0 Å². The predicted octanol–water partition coefficient (Wildman–Crippen LogP) is 7.94. The van der Waals surface area contributed by atoms with Crippen molar-refractivity contribution in [3.63, 3.8) is 0 Å². The number of unbranched alkanes of at least 4 members (excludes halogenated alkanes) is 1. The van der Waals surface area contributed by atoms with Gasteiger partial charge in [0.25, 0.3) is 5.78 Å². The first kappa shape index (κ1) is 29.1. The lowest BCUT2D eigenvalue weighted by Gasteiger charge is -2.23. The number of Topliss-reactive ketones (excluding diaryl/α,β-unsaturated/α-hetero) is 1. The summed E-state index contributed by atoms with van der Waals surface area (Å²) in [6.45, 7) is 2.66. The van der Waals surface area contributed by atoms with Gasteiger partial charge in [-0.2, -0.15) is 0 Å². The molecule has 1 fully saturated rings. The maximum absolute atomic E-state index is 13.5. The normalized spacial score (nSPS) is 16.4. The highest BCUT2D eigenvalue weighted by Crippen LogP contribution is 2.45. The predicted molar refractivity (Wildman–Crippen MR) is 164 cm³/mol. The highest BCUT2D eigenvalue weighted by atomic mass is 35.5. The minimum atomic E-state index is -0.995. The molecule has 41 heavy (non-hydrogen) atoms. The second-order valence-electron chi connectivity index (χ2n) is 9.19. The second kappa shape index (κ2) is 13.1. The molecule has 1 aliphatic rings. The van der Waals surface area contributed by atoms with Gasteiger partial charge in [0, 0.05) is 11.3 Å². The highest BCUT2D eigenvalue weighted by Gasteiger charge is 2.48. The first-order valence-electron chi connectivity index (χ1n) is 12.9. The Kier molecular flexibility index (Phi) is 9.29. The molecule has 2 heterocycles. The fourth-order valence-electron chi connectivity index (χ4n) is 4.30. The highest BCUT2D eigenvalue weighted by molar-refractivity contribution is 8.00. The number of carbonyl (C=O) groups excluding carboxylic acids is 2. The molecule has 3 aromatic carbocycles. The van der Waals surface area contributed by atoms with Gasteiger partial charge in [0.05, 0.1) is 28.3 Å². The number of nitrogens with zero attached hydrogens (tertiary/aromatic N) is 3. The summed E-state index contributed by atoms with van der Waals surface area (Å²) >= 11 is 15.2. The van der Waals surface area contributed by atoms with Gasteiger partial charge in [-0.05, 0) is 53.9 Å². The molecule has 4 aromatic rings. The lowest BCUT2D eigenvalue weighted by Crippen LogP contribution is -2.29. The van der Waals surface area contributed by atoms with Crippen LogP contribution in [-0.2, 0) is 15.3 Å². The zero-order chi connectivity index (χ0) is 28.9. The molecule has 5 rings (SSSR count). The SMILES string of the molecule is CCCCOc1ccc(/C(O)=C2/C(=O)C(=O)N(c3nnc(SCc4ccccc4)s3)C2c2ccc(Cl)c(Cl)c2)cc1. The van der Waals surface area contributed by atoms with Gasteiger partial charge in [-0.15, -0.1) is 10.2 Å². The van der Waals surface area contributed by atoms with Gasteiger partial charge >= 0.3 is 5.91 Å². The van der Waals surface area contributed by atoms with Crippen molar-refractivity contribution in [2.24, 2.45) is 0 Å². The van der Waals surface area contributed by atoms with Crippen LogP contribution in [0.15, 0.2) is 82.7 Å². The van der Waals surface area contributed by atoms with Crippen molar-refractivity contribution in [2.75, 3.05) is 11.5 Å². The standard InChI is InChI=1S/C30H25Cl2N3O4S2/c1-2-3-15-39-21-12-9-19(10-13-21)26(36)24-25(20-11-14-22(31)23(32)16-20)35(28(38)27(24)37)29-33-34-30(41-29)40-17-18-7-5-4-6-8-18/h4-14,16,25,36H,2-3,15,17H2,1H3/b26-24-. The Hall–Kier alpha value is -3.37. The lowest BCUT2D eigenvalue weighted by atomic mass is 9.95. The number of hydrogen-bond acceptors (Lipinski definition) is 8. The average Bonchev–Trinajstić information content (AvgIpc) is 3.56. The third-order valence-electron chi connectivity index (χ3n) is 6.41. The number of ether oxygens (including phenoxy) is 1. The number of amides is 1. The minimum Gasteiger partial charge on any atom is -0.507 e. The molecule has 1 amide bonds. The second-order valence-corrected chi connectivity index (χ2v) is 12.2. The minimum absolute atomic E-state index is 0.0817. The Labute approximate surface area is 255 Å². The summed E-state index contributed by atoms with van der Waals surface area (Å²) in [4.78, 5) is 28.2. The molecule has 0 aliphatic carbocycles. The van der Waals surface area contributed by atoms with Crippen LogP contribution < -0.4 is 9.64 Å². The van der Waals surface area contributed by atoms with Crippen LogP contribution >= 0.6 is 46.3 Å². The number of carbonyl (C=O) groups is 2. The van der Waals surface area contributed by atoms with E-state index in [1.165, 1.54) is 28.0 Å². The molecule has 1 saturated heterocycles. The molecule has 1 atom stereocenters. The Balaban J connectivity index is 1.51. The van der Waals surface area contributed by atoms with E-state index < -0.39 is 17.7 Å². The summed E-state index contributed by atoms with van der Waals surface area (Å²) < 4.78 is 6.35. The largest absolute Gasteiger partial charge is 0.507 e. The lowest BCUT2D eigenvalue weighted by molar-refractivity contribution is -0.132. The van der Waals surface area contributed by atoms with Gasteiger partial charge in [0.15, 0.2) is 4.34 Å². The van der Waals surface area contributed by atoms with Crippen LogP contribution in [0.3, 0.4) is 0 Å². The number of aromatic nitrogens is 2. The molecule has 1 aliphatic heterocycles. The van der Waals surface area contributed by atoms with Crippen molar-refractivity contribution in [1.29, 1.82) is 0 Å². The first-order valence-corrected chi connectivity index (χ1v) is 15.4. The van der Waals surface area contributed by atoms with Crippen LogP contribution in [0, 0.1) is 0 Å². The Morgan fingerprint density at radius 2 is 1.78 bits per heavy atom. The van der Waals surface area contributed by atoms with E-state index in [2.05, 4.69) is 17.1 Å². The van der Waals surface area contributed by atoms with E-state index >= 15 is 0 Å². The number of benzene rings is 3. The number of hydrogen-bond donors (Lipinski definition) is 1. The number of ketones is 1. The van der Waals surface area contributed by atoms with Gasteiger partial charge in [0.2, 0.25) is 5.13 Å². The fourth-order valence-corrected chi connectivity index (χ4v) is 6.43. The molecule has 0 spiro atoms. The van der Waals surface area contributed by atoms with Crippen molar-refractivity contribution in [3.8, 4) is 5.75 Å². The van der Waals surface area contributed by atoms with E-state index in [0.717, 1.165) is 18.4 Å². The Morgan fingerprint density at radius 1 is 1.02 bits per heavy atom. The molecule has 1 aromatic heterocycles. The van der Waals surface area contributed by atoms with Crippen molar-refractivity contribution in [1.82, 2.24) is 10.2 Å². The topological polar surface area (TPSA) is 92.6 Å². The van der Waals surface area contributed by atoms with Gasteiger partial charge in [0.1, 0.15) is 11.5 Å². The van der Waals surface area contributed by atoms with Crippen LogP contribution in [0.25, 0.3) is 5.76 Å². The maximum Gasteiger partial charge on any atom is 0.301 e. The number of halogens is 2. The van der Waals surface area contributed by atoms with Crippen LogP contribution in [-0.4, -0.2) is 33.6 Å². The van der Waals surface area contributed by atoms with Gasteiger partial charge in [-0.25, -0.2) is 0 Å². The quantitative estimate of drug-likeness (QED) is 0.0477. The summed E-state index contributed by atoms with van der Waals surface area (Å²) in [7, 11) is 0. The van der Waals surface area contributed by atoms with E-state index in [1.807, 2.05) is 30.3 Å². The molecule has 0 radical (unpaired) electrons. The van der Waals surface area contributed by atoms with Crippen LogP contribution in [0.4, 0.5) is 5.13 Å². The summed E-state index contributed by atoms with van der Waals surface area (Å²) in [5, 5.41) is 20.7. The van der Waals surface area contributed by atoms with Gasteiger partial charge in [-0.3, -0.25) is 14.5 Å². The maximum atomic E-state index is 13.5. The summed E-state index contributed by atoms with van der Waals surface area (Å²) in [5.74, 6) is -0.660. The number of rotatable bonds is 10. The smallest absolute Gasteiger partial charge is 0.301 e. The first-order chi connectivity index (χ1) is 19.9. The monoisotopic (exact) mass is 625 g/mol. The fraction of sp³-hybridized carbons (Fsp3) is 0.200. The number of aliphatic hydroxyl groups excluding tert-OH is 1. The molecule has 0 saturated carbocycles. The zero-order valence-corrected chi connectivity index (χ0v) is 25.1. The molecule has 1 N–H and O–H groups in total. The molecule has 11 heteroatoms. The third kappa shape index (κ3) is 6.43. The van der Waals surface area contributed by atoms with Crippen molar-refractivity contribution in [3.05, 3.63) is 105 Å². The van der Waals surface area contributed by atoms with Crippen molar-refractivity contribution >= 4 is 68.9 Å². The molecule has 0 bridgehead atoms. The van der Waals surface area contributed by atoms with Crippen LogP contribution in [0.1, 0.15) is 42.5 Å². The Bertz CT molecular complexity index is 1590. The molecular weight excluding hydrogens is 601 g/mol. The zero-order valence-electron chi connectivity index (χ0n) is 21.9. The average molecular weight is 627 g/mol. The molecule has 1 unspecified atom stereocenters.